The highest BCUT2D eigenvalue weighted by Gasteiger charge is 2.19. The minimum Gasteiger partial charge on any atom is -0.314 e. The summed E-state index contributed by atoms with van der Waals surface area (Å²) < 4.78 is 0. The van der Waals surface area contributed by atoms with Gasteiger partial charge in [-0.05, 0) is 65.7 Å². The molecule has 18 heavy (non-hydrogen) atoms. The fourth-order valence-electron chi connectivity index (χ4n) is 3.24. The molecule has 2 fully saturated rings. The van der Waals surface area contributed by atoms with Gasteiger partial charge < -0.3 is 15.1 Å². The highest BCUT2D eigenvalue weighted by Crippen LogP contribution is 2.14. The van der Waals surface area contributed by atoms with Gasteiger partial charge in [0.15, 0.2) is 0 Å². The van der Waals surface area contributed by atoms with Gasteiger partial charge in [-0.3, -0.25) is 0 Å². The smallest absolute Gasteiger partial charge is 0.0109 e. The Bertz CT molecular complexity index is 220. The van der Waals surface area contributed by atoms with Crippen LogP contribution in [-0.4, -0.2) is 61.7 Å². The maximum absolute atomic E-state index is 3.66. The Labute approximate surface area is 113 Å². The first-order valence-corrected chi connectivity index (χ1v) is 7.91. The van der Waals surface area contributed by atoms with Gasteiger partial charge in [-0.25, -0.2) is 0 Å². The largest absolute Gasteiger partial charge is 0.314 e. The second-order valence-corrected chi connectivity index (χ2v) is 6.26. The molecule has 0 aliphatic carbocycles. The first-order chi connectivity index (χ1) is 8.75. The molecule has 2 heterocycles. The van der Waals surface area contributed by atoms with Gasteiger partial charge in [-0.2, -0.15) is 0 Å². The fraction of sp³-hybridized carbons (Fsp3) is 1.00. The van der Waals surface area contributed by atoms with E-state index in [1.165, 1.54) is 71.2 Å². The van der Waals surface area contributed by atoms with Gasteiger partial charge in [-0.1, -0.05) is 6.42 Å². The first-order valence-electron chi connectivity index (χ1n) is 7.91. The van der Waals surface area contributed by atoms with Crippen LogP contribution < -0.4 is 5.32 Å². The summed E-state index contributed by atoms with van der Waals surface area (Å²) >= 11 is 0. The summed E-state index contributed by atoms with van der Waals surface area (Å²) in [5.74, 6) is 0. The number of nitrogens with zero attached hydrogens (tertiary/aromatic N) is 2. The van der Waals surface area contributed by atoms with Gasteiger partial charge in [0.05, 0.1) is 0 Å². The van der Waals surface area contributed by atoms with Crippen LogP contribution >= 0.6 is 0 Å². The number of rotatable bonds is 6. The number of nitrogens with one attached hydrogen (secondary N) is 1. The molecular weight excluding hydrogens is 222 g/mol. The molecule has 106 valence electrons. The molecule has 0 radical (unpaired) electrons. The Morgan fingerprint density at radius 3 is 2.67 bits per heavy atom. The summed E-state index contributed by atoms with van der Waals surface area (Å²) in [5.41, 5.74) is 0. The Kier molecular flexibility index (Phi) is 5.93. The monoisotopic (exact) mass is 253 g/mol. The van der Waals surface area contributed by atoms with E-state index in [1.807, 2.05) is 0 Å². The highest BCUT2D eigenvalue weighted by atomic mass is 15.2. The van der Waals surface area contributed by atoms with Crippen molar-refractivity contribution in [3.05, 3.63) is 0 Å². The van der Waals surface area contributed by atoms with Crippen molar-refractivity contribution in [3.8, 4) is 0 Å². The molecule has 2 aliphatic heterocycles. The van der Waals surface area contributed by atoms with E-state index in [-0.39, 0.29) is 0 Å². The summed E-state index contributed by atoms with van der Waals surface area (Å²) in [6, 6.07) is 1.48. The fourth-order valence-corrected chi connectivity index (χ4v) is 3.24. The van der Waals surface area contributed by atoms with Crippen LogP contribution in [0.3, 0.4) is 0 Å². The lowest BCUT2D eigenvalue weighted by Crippen LogP contribution is -2.42. The standard InChI is InChI=1S/C15H31N3/c1-14(13-15-7-3-4-8-16-15)17(2)11-12-18-9-5-6-10-18/h14-16H,3-13H2,1-2H3. The molecule has 1 N–H and O–H groups in total. The molecule has 0 spiro atoms. The predicted octanol–water partition coefficient (Wildman–Crippen LogP) is 1.93. The lowest BCUT2D eigenvalue weighted by molar-refractivity contribution is 0.190. The minimum absolute atomic E-state index is 0.711. The maximum Gasteiger partial charge on any atom is 0.0109 e. The van der Waals surface area contributed by atoms with Crippen LogP contribution in [-0.2, 0) is 0 Å². The van der Waals surface area contributed by atoms with Gasteiger partial charge in [-0.15, -0.1) is 0 Å². The van der Waals surface area contributed by atoms with E-state index < -0.39 is 0 Å². The highest BCUT2D eigenvalue weighted by molar-refractivity contribution is 4.78. The topological polar surface area (TPSA) is 18.5 Å². The van der Waals surface area contributed by atoms with Crippen molar-refractivity contribution in [1.82, 2.24) is 15.1 Å². The van der Waals surface area contributed by atoms with E-state index in [1.54, 1.807) is 0 Å². The zero-order chi connectivity index (χ0) is 12.8. The SMILES string of the molecule is CC(CC1CCCCN1)N(C)CCN1CCCC1. The van der Waals surface area contributed by atoms with Crippen molar-refractivity contribution < 1.29 is 0 Å². The van der Waals surface area contributed by atoms with Gasteiger partial charge in [0, 0.05) is 25.2 Å². The molecule has 0 aromatic heterocycles. The molecule has 0 amide bonds. The molecule has 0 bridgehead atoms. The van der Waals surface area contributed by atoms with Gasteiger partial charge in [0.1, 0.15) is 0 Å². The summed E-state index contributed by atoms with van der Waals surface area (Å²) in [6.45, 7) is 8.76. The van der Waals surface area contributed by atoms with E-state index in [9.17, 15) is 0 Å². The van der Waals surface area contributed by atoms with Crippen LogP contribution in [0.1, 0.15) is 45.4 Å². The van der Waals surface area contributed by atoms with E-state index >= 15 is 0 Å². The predicted molar refractivity (Wildman–Crippen MR) is 78.0 cm³/mol. The molecule has 2 aliphatic rings. The third-order valence-corrected chi connectivity index (χ3v) is 4.76. The van der Waals surface area contributed by atoms with E-state index in [0.717, 1.165) is 6.04 Å². The Balaban J connectivity index is 1.62. The van der Waals surface area contributed by atoms with Crippen LogP contribution in [0, 0.1) is 0 Å². The zero-order valence-corrected chi connectivity index (χ0v) is 12.3. The molecule has 2 saturated heterocycles. The van der Waals surface area contributed by atoms with Gasteiger partial charge in [0.25, 0.3) is 0 Å². The number of hydrogen-bond donors (Lipinski definition) is 1. The third-order valence-electron chi connectivity index (χ3n) is 4.76. The van der Waals surface area contributed by atoms with Crippen molar-refractivity contribution in [1.29, 1.82) is 0 Å². The molecule has 3 nitrogen and oxygen atoms in total. The Morgan fingerprint density at radius 2 is 2.00 bits per heavy atom. The van der Waals surface area contributed by atoms with Crippen LogP contribution in [0.25, 0.3) is 0 Å². The summed E-state index contributed by atoms with van der Waals surface area (Å²) in [7, 11) is 2.30. The zero-order valence-electron chi connectivity index (χ0n) is 12.3. The Morgan fingerprint density at radius 1 is 1.22 bits per heavy atom. The Hall–Kier alpha value is -0.120. The maximum atomic E-state index is 3.66. The van der Waals surface area contributed by atoms with Crippen molar-refractivity contribution >= 4 is 0 Å². The summed E-state index contributed by atoms with van der Waals surface area (Å²) in [6.07, 6.45) is 8.30. The lowest BCUT2D eigenvalue weighted by Gasteiger charge is -2.32. The quantitative estimate of drug-likeness (QED) is 0.780. The van der Waals surface area contributed by atoms with Crippen LogP contribution in [0.4, 0.5) is 0 Å². The summed E-state index contributed by atoms with van der Waals surface area (Å²) in [4.78, 5) is 5.16. The molecule has 2 rings (SSSR count). The average Bonchev–Trinajstić information content (AvgIpc) is 2.90. The molecule has 3 heteroatoms. The van der Waals surface area contributed by atoms with Crippen LogP contribution in [0.5, 0.6) is 0 Å². The van der Waals surface area contributed by atoms with Gasteiger partial charge in [0.2, 0.25) is 0 Å². The second kappa shape index (κ2) is 7.46. The molecule has 2 unspecified atom stereocenters. The van der Waals surface area contributed by atoms with Crippen LogP contribution in [0.2, 0.25) is 0 Å². The van der Waals surface area contributed by atoms with E-state index in [2.05, 4.69) is 29.1 Å². The van der Waals surface area contributed by atoms with Crippen molar-refractivity contribution in [2.75, 3.05) is 39.8 Å². The number of likely N-dealkylation sites (tertiary alicyclic amines) is 1. The normalized spacial score (nSPS) is 27.8. The molecular formula is C15H31N3. The van der Waals surface area contributed by atoms with Gasteiger partial charge >= 0.3 is 0 Å². The number of piperidine rings is 1. The average molecular weight is 253 g/mol. The lowest BCUT2D eigenvalue weighted by atomic mass is 9.98. The number of likely N-dealkylation sites (N-methyl/N-ethyl adjacent to an activating group) is 1. The molecule has 0 aromatic rings. The van der Waals surface area contributed by atoms with E-state index in [0.29, 0.717) is 6.04 Å². The van der Waals surface area contributed by atoms with Crippen LogP contribution in [0.15, 0.2) is 0 Å². The van der Waals surface area contributed by atoms with E-state index in [4.69, 9.17) is 0 Å². The molecule has 2 atom stereocenters. The first kappa shape index (κ1) is 14.3. The molecule has 0 saturated carbocycles. The molecule has 0 aromatic carbocycles. The minimum atomic E-state index is 0.711. The number of hydrogen-bond acceptors (Lipinski definition) is 3. The second-order valence-electron chi connectivity index (χ2n) is 6.26. The third kappa shape index (κ3) is 4.52. The van der Waals surface area contributed by atoms with Crippen molar-refractivity contribution in [2.45, 2.75) is 57.5 Å². The van der Waals surface area contributed by atoms with Crippen molar-refractivity contribution in [2.24, 2.45) is 0 Å². The summed E-state index contributed by atoms with van der Waals surface area (Å²) in [5, 5.41) is 3.66. The van der Waals surface area contributed by atoms with Crippen molar-refractivity contribution in [3.63, 3.8) is 0 Å².